The fourth-order valence-corrected chi connectivity index (χ4v) is 2.64. The normalized spacial score (nSPS) is 12.2. The summed E-state index contributed by atoms with van der Waals surface area (Å²) in [5, 5.41) is 1.07. The summed E-state index contributed by atoms with van der Waals surface area (Å²) in [4.78, 5) is 0. The first-order valence-electron chi connectivity index (χ1n) is 5.99. The molecule has 0 bridgehead atoms. The van der Waals surface area contributed by atoms with E-state index in [1.807, 2.05) is 35.0 Å². The molecule has 1 aromatic heterocycles. The Morgan fingerprint density at radius 1 is 1.21 bits per heavy atom. The Morgan fingerprint density at radius 2 is 1.95 bits per heavy atom. The van der Waals surface area contributed by atoms with Gasteiger partial charge in [0.15, 0.2) is 0 Å². The minimum Gasteiger partial charge on any atom is -0.346 e. The van der Waals surface area contributed by atoms with E-state index in [0.29, 0.717) is 13.1 Å². The Kier molecular flexibility index (Phi) is 4.42. The highest BCUT2D eigenvalue weighted by atomic mass is 32.2. The molecule has 2 N–H and O–H groups in total. The van der Waals surface area contributed by atoms with Crippen molar-refractivity contribution < 1.29 is 13.2 Å². The third kappa shape index (κ3) is 3.67. The van der Waals surface area contributed by atoms with Crippen molar-refractivity contribution in [3.8, 4) is 0 Å². The van der Waals surface area contributed by atoms with Crippen LogP contribution in [0.3, 0.4) is 0 Å². The van der Waals surface area contributed by atoms with Crippen LogP contribution in [0.1, 0.15) is 5.56 Å². The van der Waals surface area contributed by atoms with E-state index in [0.717, 1.165) is 22.9 Å². The lowest BCUT2D eigenvalue weighted by Gasteiger charge is -2.07. The Morgan fingerprint density at radius 3 is 2.63 bits per heavy atom. The van der Waals surface area contributed by atoms with Gasteiger partial charge in [-0.1, -0.05) is 18.2 Å². The number of aromatic nitrogens is 1. The number of thioether (sulfide) groups is 1. The first kappa shape index (κ1) is 14.3. The van der Waals surface area contributed by atoms with Gasteiger partial charge in [-0.2, -0.15) is 13.2 Å². The van der Waals surface area contributed by atoms with Crippen molar-refractivity contribution in [1.29, 1.82) is 0 Å². The molecule has 0 aliphatic carbocycles. The molecule has 0 atom stereocenters. The summed E-state index contributed by atoms with van der Waals surface area (Å²) >= 11 is 0.0140. The molecule has 1 aromatic carbocycles. The maximum Gasteiger partial charge on any atom is 0.441 e. The summed E-state index contributed by atoms with van der Waals surface area (Å²) in [5.41, 5.74) is 3.45. The number of fused-ring (bicyclic) bond motifs is 1. The van der Waals surface area contributed by atoms with Gasteiger partial charge in [0, 0.05) is 29.4 Å². The van der Waals surface area contributed by atoms with Crippen LogP contribution in [0.2, 0.25) is 0 Å². The number of nitrogens with two attached hydrogens (primary N) is 1. The molecule has 104 valence electrons. The second kappa shape index (κ2) is 5.88. The fraction of sp³-hybridized carbons (Fsp3) is 0.385. The molecule has 1 heterocycles. The van der Waals surface area contributed by atoms with Crippen molar-refractivity contribution in [1.82, 2.24) is 4.57 Å². The molecule has 6 heteroatoms. The zero-order valence-corrected chi connectivity index (χ0v) is 11.1. The number of halogens is 3. The predicted octanol–water partition coefficient (Wildman–Crippen LogP) is 3.40. The molecule has 0 amide bonds. The van der Waals surface area contributed by atoms with Gasteiger partial charge in [0.05, 0.1) is 0 Å². The number of para-hydroxylation sites is 1. The van der Waals surface area contributed by atoms with E-state index in [9.17, 15) is 13.2 Å². The van der Waals surface area contributed by atoms with E-state index < -0.39 is 5.51 Å². The first-order valence-corrected chi connectivity index (χ1v) is 6.97. The van der Waals surface area contributed by atoms with Crippen LogP contribution in [0.15, 0.2) is 30.5 Å². The molecule has 2 nitrogen and oxygen atoms in total. The molecular formula is C13H15F3N2S. The van der Waals surface area contributed by atoms with Gasteiger partial charge in [-0.05, 0) is 36.4 Å². The number of alkyl halides is 3. The van der Waals surface area contributed by atoms with Crippen molar-refractivity contribution in [2.45, 2.75) is 18.5 Å². The number of hydrogen-bond acceptors (Lipinski definition) is 2. The fourth-order valence-electron chi connectivity index (χ4n) is 2.12. The maximum atomic E-state index is 12.1. The van der Waals surface area contributed by atoms with Gasteiger partial charge in [-0.25, -0.2) is 0 Å². The number of benzene rings is 1. The lowest BCUT2D eigenvalue weighted by molar-refractivity contribution is -0.0328. The van der Waals surface area contributed by atoms with Crippen molar-refractivity contribution in [2.24, 2.45) is 5.73 Å². The van der Waals surface area contributed by atoms with Crippen LogP contribution in [0.4, 0.5) is 13.2 Å². The Hall–Kier alpha value is -1.14. The molecule has 2 aromatic rings. The number of aryl methyl sites for hydroxylation is 1. The summed E-state index contributed by atoms with van der Waals surface area (Å²) in [7, 11) is 0. The second-order valence-corrected chi connectivity index (χ2v) is 5.36. The highest BCUT2D eigenvalue weighted by molar-refractivity contribution is 8.00. The van der Waals surface area contributed by atoms with E-state index >= 15 is 0 Å². The van der Waals surface area contributed by atoms with E-state index in [4.69, 9.17) is 5.73 Å². The summed E-state index contributed by atoms with van der Waals surface area (Å²) in [5.74, 6) is 0.0181. The van der Waals surface area contributed by atoms with Crippen LogP contribution in [-0.2, 0) is 13.0 Å². The van der Waals surface area contributed by atoms with Crippen LogP contribution in [-0.4, -0.2) is 22.4 Å². The molecule has 0 saturated carbocycles. The molecule has 19 heavy (non-hydrogen) atoms. The van der Waals surface area contributed by atoms with E-state index in [1.54, 1.807) is 0 Å². The average Bonchev–Trinajstić information content (AvgIpc) is 2.68. The van der Waals surface area contributed by atoms with E-state index in [-0.39, 0.29) is 17.5 Å². The quantitative estimate of drug-likeness (QED) is 0.914. The smallest absolute Gasteiger partial charge is 0.346 e. The Balaban J connectivity index is 2.18. The van der Waals surface area contributed by atoms with Gasteiger partial charge in [0.2, 0.25) is 0 Å². The summed E-state index contributed by atoms with van der Waals surface area (Å²) < 4.78 is 38.3. The lowest BCUT2D eigenvalue weighted by atomic mass is 10.1. The third-order valence-corrected chi connectivity index (χ3v) is 3.60. The highest BCUT2D eigenvalue weighted by Gasteiger charge is 2.27. The molecule has 0 saturated heterocycles. The molecule has 0 spiro atoms. The zero-order chi connectivity index (χ0) is 13.9. The second-order valence-electron chi connectivity index (χ2n) is 4.20. The van der Waals surface area contributed by atoms with Gasteiger partial charge in [-0.3, -0.25) is 0 Å². The average molecular weight is 288 g/mol. The monoisotopic (exact) mass is 288 g/mol. The predicted molar refractivity (Wildman–Crippen MR) is 73.2 cm³/mol. The minimum absolute atomic E-state index is 0.0140. The van der Waals surface area contributed by atoms with Crippen LogP contribution in [0.5, 0.6) is 0 Å². The molecule has 0 unspecified atom stereocenters. The molecule has 0 radical (unpaired) electrons. The van der Waals surface area contributed by atoms with E-state index in [2.05, 4.69) is 0 Å². The largest absolute Gasteiger partial charge is 0.441 e. The third-order valence-electron chi connectivity index (χ3n) is 2.88. The van der Waals surface area contributed by atoms with Gasteiger partial charge >= 0.3 is 5.51 Å². The Bertz CT molecular complexity index is 548. The Labute approximate surface area is 113 Å². The van der Waals surface area contributed by atoms with Crippen LogP contribution < -0.4 is 5.73 Å². The van der Waals surface area contributed by atoms with Gasteiger partial charge < -0.3 is 10.3 Å². The summed E-state index contributed by atoms with van der Waals surface area (Å²) in [6, 6.07) is 7.72. The maximum absolute atomic E-state index is 12.1. The van der Waals surface area contributed by atoms with Crippen molar-refractivity contribution >= 4 is 22.7 Å². The van der Waals surface area contributed by atoms with Crippen LogP contribution in [0, 0.1) is 0 Å². The standard InChI is InChI=1S/C13H15F3N2S/c14-13(15,16)19-8-7-18-9-10(5-6-17)11-3-1-2-4-12(11)18/h1-4,9H,5-8,17H2. The zero-order valence-electron chi connectivity index (χ0n) is 10.3. The van der Waals surface area contributed by atoms with Crippen molar-refractivity contribution in [3.05, 3.63) is 36.0 Å². The molecular weight excluding hydrogens is 273 g/mol. The van der Waals surface area contributed by atoms with Crippen molar-refractivity contribution in [3.63, 3.8) is 0 Å². The lowest BCUT2D eigenvalue weighted by Crippen LogP contribution is -2.06. The number of hydrogen-bond donors (Lipinski definition) is 1. The summed E-state index contributed by atoms with van der Waals surface area (Å²) in [6.07, 6.45) is 2.65. The molecule has 0 aliphatic heterocycles. The van der Waals surface area contributed by atoms with Gasteiger partial charge in [0.25, 0.3) is 0 Å². The number of rotatable bonds is 5. The van der Waals surface area contributed by atoms with Gasteiger partial charge in [-0.15, -0.1) is 0 Å². The van der Waals surface area contributed by atoms with Crippen molar-refractivity contribution in [2.75, 3.05) is 12.3 Å². The van der Waals surface area contributed by atoms with Gasteiger partial charge in [0.1, 0.15) is 0 Å². The topological polar surface area (TPSA) is 30.9 Å². The van der Waals surface area contributed by atoms with E-state index in [1.165, 1.54) is 0 Å². The highest BCUT2D eigenvalue weighted by Crippen LogP contribution is 2.30. The molecule has 2 rings (SSSR count). The molecule has 0 aliphatic rings. The van der Waals surface area contributed by atoms with Crippen LogP contribution >= 0.6 is 11.8 Å². The minimum atomic E-state index is -4.16. The van der Waals surface area contributed by atoms with Crippen LogP contribution in [0.25, 0.3) is 10.9 Å². The SMILES string of the molecule is NCCc1cn(CCSC(F)(F)F)c2ccccc12. The summed E-state index contributed by atoms with van der Waals surface area (Å²) in [6.45, 7) is 0.876. The number of nitrogens with zero attached hydrogens (tertiary/aromatic N) is 1. The first-order chi connectivity index (χ1) is 9.01. The molecule has 0 fully saturated rings.